The average Bonchev–Trinajstić information content (AvgIpc) is 3.06. The summed E-state index contributed by atoms with van der Waals surface area (Å²) in [5.74, 6) is 0.767. The number of thiophene rings is 1. The minimum atomic E-state index is 0.276. The molecule has 0 bridgehead atoms. The second-order valence-electron chi connectivity index (χ2n) is 6.59. The average molecular weight is 388 g/mol. The maximum Gasteiger partial charge on any atom is 0.225 e. The predicted octanol–water partition coefficient (Wildman–Crippen LogP) is 4.40. The maximum atomic E-state index is 6.11. The molecule has 7 heteroatoms. The fraction of sp³-hybridized carbons (Fsp3) is 0.368. The molecule has 0 aliphatic carbocycles. The van der Waals surface area contributed by atoms with Gasteiger partial charge in [0.1, 0.15) is 10.6 Å². The molecular weight excluding hydrogens is 366 g/mol. The van der Waals surface area contributed by atoms with Crippen LogP contribution in [0.5, 0.6) is 0 Å². The van der Waals surface area contributed by atoms with Gasteiger partial charge in [-0.15, -0.1) is 11.3 Å². The number of hydrogen-bond donors (Lipinski definition) is 1. The van der Waals surface area contributed by atoms with Crippen LogP contribution in [0.2, 0.25) is 5.28 Å². The Kier molecular flexibility index (Phi) is 4.98. The number of anilines is 3. The Balaban J connectivity index is 1.56. The lowest BCUT2D eigenvalue weighted by Gasteiger charge is -2.34. The summed E-state index contributed by atoms with van der Waals surface area (Å²) < 4.78 is 0. The monoisotopic (exact) mass is 387 g/mol. The molecule has 1 aliphatic heterocycles. The van der Waals surface area contributed by atoms with Gasteiger partial charge in [0.15, 0.2) is 0 Å². The first kappa shape index (κ1) is 17.5. The van der Waals surface area contributed by atoms with E-state index < -0.39 is 0 Å². The van der Waals surface area contributed by atoms with Crippen molar-refractivity contribution in [3.05, 3.63) is 40.5 Å². The number of hydrogen-bond acceptors (Lipinski definition) is 6. The van der Waals surface area contributed by atoms with E-state index in [1.165, 1.54) is 10.6 Å². The molecule has 1 aliphatic rings. The lowest BCUT2D eigenvalue weighted by Crippen LogP contribution is -2.44. The van der Waals surface area contributed by atoms with Crippen molar-refractivity contribution in [1.29, 1.82) is 0 Å². The molecule has 0 spiro atoms. The highest BCUT2D eigenvalue weighted by molar-refractivity contribution is 7.18. The zero-order chi connectivity index (χ0) is 18.1. The van der Waals surface area contributed by atoms with Gasteiger partial charge in [-0.3, -0.25) is 0 Å². The predicted molar refractivity (Wildman–Crippen MR) is 111 cm³/mol. The number of piperazine rings is 1. The van der Waals surface area contributed by atoms with E-state index >= 15 is 0 Å². The van der Waals surface area contributed by atoms with Gasteiger partial charge in [-0.2, -0.15) is 4.98 Å². The third kappa shape index (κ3) is 3.63. The molecule has 3 heterocycles. The van der Waals surface area contributed by atoms with Gasteiger partial charge in [0.2, 0.25) is 5.28 Å². The molecule has 0 amide bonds. The summed E-state index contributed by atoms with van der Waals surface area (Å²) in [6.45, 7) is 6.49. The molecule has 1 aromatic carbocycles. The summed E-state index contributed by atoms with van der Waals surface area (Å²) in [6, 6.07) is 10.7. The Morgan fingerprint density at radius 3 is 2.54 bits per heavy atom. The Hall–Kier alpha value is -1.89. The van der Waals surface area contributed by atoms with E-state index in [9.17, 15) is 0 Å². The van der Waals surface area contributed by atoms with Gasteiger partial charge in [-0.1, -0.05) is 6.92 Å². The molecule has 0 saturated carbocycles. The second kappa shape index (κ2) is 7.39. The van der Waals surface area contributed by atoms with Gasteiger partial charge in [-0.25, -0.2) is 4.98 Å². The van der Waals surface area contributed by atoms with E-state index in [1.54, 1.807) is 11.3 Å². The van der Waals surface area contributed by atoms with E-state index in [0.29, 0.717) is 0 Å². The van der Waals surface area contributed by atoms with Crippen LogP contribution < -0.4 is 10.2 Å². The summed E-state index contributed by atoms with van der Waals surface area (Å²) in [5, 5.41) is 4.71. The second-order valence-corrected chi connectivity index (χ2v) is 8.04. The van der Waals surface area contributed by atoms with Crippen LogP contribution in [0.3, 0.4) is 0 Å². The van der Waals surface area contributed by atoms with E-state index in [1.807, 2.05) is 0 Å². The molecule has 0 atom stereocenters. The number of likely N-dealkylation sites (N-methyl/N-ethyl adjacent to an activating group) is 1. The maximum absolute atomic E-state index is 6.11. The quantitative estimate of drug-likeness (QED) is 0.672. The van der Waals surface area contributed by atoms with Gasteiger partial charge in [0, 0.05) is 42.4 Å². The van der Waals surface area contributed by atoms with Crippen molar-refractivity contribution in [2.75, 3.05) is 43.4 Å². The summed E-state index contributed by atoms with van der Waals surface area (Å²) in [5.41, 5.74) is 2.27. The van der Waals surface area contributed by atoms with Crippen LogP contribution in [0.4, 0.5) is 17.2 Å². The first-order valence-electron chi connectivity index (χ1n) is 8.89. The molecule has 136 valence electrons. The van der Waals surface area contributed by atoms with Crippen molar-refractivity contribution >= 4 is 50.3 Å². The van der Waals surface area contributed by atoms with Crippen molar-refractivity contribution in [3.8, 4) is 0 Å². The molecule has 0 radical (unpaired) electrons. The Morgan fingerprint density at radius 2 is 1.85 bits per heavy atom. The molecule has 2 aromatic heterocycles. The van der Waals surface area contributed by atoms with Crippen molar-refractivity contribution in [3.63, 3.8) is 0 Å². The van der Waals surface area contributed by atoms with Gasteiger partial charge >= 0.3 is 0 Å². The van der Waals surface area contributed by atoms with E-state index in [0.717, 1.165) is 54.3 Å². The minimum Gasteiger partial charge on any atom is -0.369 e. The number of fused-ring (bicyclic) bond motifs is 1. The smallest absolute Gasteiger partial charge is 0.225 e. The first-order chi connectivity index (χ1) is 12.6. The Morgan fingerprint density at radius 1 is 1.12 bits per heavy atom. The van der Waals surface area contributed by atoms with Crippen LogP contribution in [0, 0.1) is 0 Å². The highest BCUT2D eigenvalue weighted by Gasteiger charge is 2.15. The number of benzene rings is 1. The zero-order valence-corrected chi connectivity index (χ0v) is 16.6. The molecule has 5 nitrogen and oxygen atoms in total. The van der Waals surface area contributed by atoms with Crippen LogP contribution in [0.1, 0.15) is 11.8 Å². The third-order valence-corrected chi connectivity index (χ3v) is 6.11. The lowest BCUT2D eigenvalue weighted by molar-refractivity contribution is 0.313. The fourth-order valence-electron chi connectivity index (χ4n) is 3.17. The van der Waals surface area contributed by atoms with Crippen molar-refractivity contribution in [2.24, 2.45) is 0 Å². The van der Waals surface area contributed by atoms with Gasteiger partial charge in [0.25, 0.3) is 0 Å². The molecule has 1 fully saturated rings. The normalized spacial score (nSPS) is 15.6. The number of rotatable bonds is 4. The largest absolute Gasteiger partial charge is 0.369 e. The standard InChI is InChI=1S/C19H22ClN5S/c1-3-15-12-16-17(22-19(20)23-18(16)26-15)21-13-4-6-14(7-5-13)25-10-8-24(2)9-11-25/h4-7,12H,3,8-11H2,1-2H3,(H,21,22,23). The minimum absolute atomic E-state index is 0.276. The molecular formula is C19H22ClN5S. The summed E-state index contributed by atoms with van der Waals surface area (Å²) >= 11 is 7.79. The van der Waals surface area contributed by atoms with Gasteiger partial charge < -0.3 is 15.1 Å². The Bertz CT molecular complexity index is 900. The van der Waals surface area contributed by atoms with Crippen molar-refractivity contribution in [2.45, 2.75) is 13.3 Å². The van der Waals surface area contributed by atoms with Gasteiger partial charge in [-0.05, 0) is 55.4 Å². The highest BCUT2D eigenvalue weighted by atomic mass is 35.5. The molecule has 4 rings (SSSR count). The Labute approximate surface area is 162 Å². The van der Waals surface area contributed by atoms with Crippen LogP contribution >= 0.6 is 22.9 Å². The number of aromatic nitrogens is 2. The SMILES string of the molecule is CCc1cc2c(Nc3ccc(N4CCN(C)CC4)cc3)nc(Cl)nc2s1. The van der Waals surface area contributed by atoms with E-state index in [2.05, 4.69) is 69.4 Å². The van der Waals surface area contributed by atoms with Gasteiger partial charge in [0.05, 0.1) is 5.39 Å². The molecule has 0 unspecified atom stereocenters. The summed E-state index contributed by atoms with van der Waals surface area (Å²) in [6.07, 6.45) is 0.984. The van der Waals surface area contributed by atoms with Crippen molar-refractivity contribution < 1.29 is 0 Å². The van der Waals surface area contributed by atoms with Crippen LogP contribution in [-0.2, 0) is 6.42 Å². The molecule has 1 N–H and O–H groups in total. The number of aryl methyl sites for hydroxylation is 1. The molecule has 1 saturated heterocycles. The van der Waals surface area contributed by atoms with Crippen LogP contribution in [0.15, 0.2) is 30.3 Å². The fourth-order valence-corrected chi connectivity index (χ4v) is 4.36. The zero-order valence-electron chi connectivity index (χ0n) is 15.0. The van der Waals surface area contributed by atoms with E-state index in [4.69, 9.17) is 11.6 Å². The molecule has 3 aromatic rings. The third-order valence-electron chi connectivity index (χ3n) is 4.76. The summed E-state index contributed by atoms with van der Waals surface area (Å²) in [4.78, 5) is 15.8. The summed E-state index contributed by atoms with van der Waals surface area (Å²) in [7, 11) is 2.17. The van der Waals surface area contributed by atoms with Crippen LogP contribution in [0.25, 0.3) is 10.2 Å². The topological polar surface area (TPSA) is 44.3 Å². The number of nitrogens with one attached hydrogen (secondary N) is 1. The van der Waals surface area contributed by atoms with Crippen LogP contribution in [-0.4, -0.2) is 48.1 Å². The molecule has 26 heavy (non-hydrogen) atoms. The first-order valence-corrected chi connectivity index (χ1v) is 10.1. The van der Waals surface area contributed by atoms with Crippen molar-refractivity contribution in [1.82, 2.24) is 14.9 Å². The van der Waals surface area contributed by atoms with E-state index in [-0.39, 0.29) is 5.28 Å². The number of halogens is 1. The highest BCUT2D eigenvalue weighted by Crippen LogP contribution is 2.32. The lowest BCUT2D eigenvalue weighted by atomic mass is 10.2. The number of nitrogens with zero attached hydrogens (tertiary/aromatic N) is 4.